The molecule has 1 fully saturated rings. The number of hydrogen-bond donors (Lipinski definition) is 2. The molecule has 8 heteroatoms. The third-order valence-corrected chi connectivity index (χ3v) is 5.39. The van der Waals surface area contributed by atoms with Crippen LogP contribution in [0.5, 0.6) is 0 Å². The predicted octanol–water partition coefficient (Wildman–Crippen LogP) is 2.54. The molecule has 0 spiro atoms. The van der Waals surface area contributed by atoms with E-state index < -0.39 is 6.03 Å². The van der Waals surface area contributed by atoms with Crippen molar-refractivity contribution in [1.29, 1.82) is 0 Å². The second-order valence-corrected chi connectivity index (χ2v) is 7.26. The van der Waals surface area contributed by atoms with Crippen LogP contribution in [0.25, 0.3) is 11.0 Å². The zero-order valence-electron chi connectivity index (χ0n) is 14.9. The quantitative estimate of drug-likeness (QED) is 0.726. The summed E-state index contributed by atoms with van der Waals surface area (Å²) in [4.78, 5) is 28.6. The van der Waals surface area contributed by atoms with Gasteiger partial charge in [-0.25, -0.2) is 9.78 Å². The SMILES string of the molecule is COCCn1c(SCC(=O)NC(=O)NC2CCCC2)nc2ccccc21. The number of thioether (sulfide) groups is 1. The largest absolute Gasteiger partial charge is 0.383 e. The molecule has 26 heavy (non-hydrogen) atoms. The molecule has 3 amide bonds. The molecule has 7 nitrogen and oxygen atoms in total. The minimum absolute atomic E-state index is 0.133. The Labute approximate surface area is 156 Å². The summed E-state index contributed by atoms with van der Waals surface area (Å²) in [5.41, 5.74) is 1.89. The number of imidazole rings is 1. The van der Waals surface area contributed by atoms with Crippen LogP contribution in [0.15, 0.2) is 29.4 Å². The number of hydrogen-bond acceptors (Lipinski definition) is 5. The van der Waals surface area contributed by atoms with Crippen molar-refractivity contribution in [2.45, 2.75) is 43.4 Å². The van der Waals surface area contributed by atoms with Crippen LogP contribution in [-0.2, 0) is 16.1 Å². The molecule has 2 N–H and O–H groups in total. The Morgan fingerprint density at radius 1 is 1.31 bits per heavy atom. The lowest BCUT2D eigenvalue weighted by molar-refractivity contribution is -0.117. The molecule has 1 heterocycles. The number of imide groups is 1. The molecule has 3 rings (SSSR count). The summed E-state index contributed by atoms with van der Waals surface area (Å²) in [6.45, 7) is 1.22. The molecule has 0 saturated heterocycles. The van der Waals surface area contributed by atoms with Gasteiger partial charge in [0.25, 0.3) is 0 Å². The van der Waals surface area contributed by atoms with Crippen LogP contribution in [0, 0.1) is 0 Å². The fourth-order valence-electron chi connectivity index (χ4n) is 3.15. The molecule has 1 aliphatic carbocycles. The number of nitrogens with one attached hydrogen (secondary N) is 2. The Hall–Kier alpha value is -2.06. The van der Waals surface area contributed by atoms with Crippen LogP contribution in [0.1, 0.15) is 25.7 Å². The van der Waals surface area contributed by atoms with Gasteiger partial charge in [-0.2, -0.15) is 0 Å². The number of carbonyl (C=O) groups is 2. The molecular weight excluding hydrogens is 352 g/mol. The maximum absolute atomic E-state index is 12.1. The summed E-state index contributed by atoms with van der Waals surface area (Å²) in [6, 6.07) is 7.62. The van der Waals surface area contributed by atoms with Gasteiger partial charge < -0.3 is 14.6 Å². The van der Waals surface area contributed by atoms with E-state index >= 15 is 0 Å². The molecule has 140 valence electrons. The van der Waals surface area contributed by atoms with Gasteiger partial charge in [-0.05, 0) is 25.0 Å². The van der Waals surface area contributed by atoms with Gasteiger partial charge in [0.05, 0.1) is 23.4 Å². The first-order chi connectivity index (χ1) is 12.7. The number of amides is 3. The van der Waals surface area contributed by atoms with Crippen molar-refractivity contribution in [2.24, 2.45) is 0 Å². The molecule has 1 aromatic heterocycles. The van der Waals surface area contributed by atoms with Crippen molar-refractivity contribution in [3.8, 4) is 0 Å². The fraction of sp³-hybridized carbons (Fsp3) is 0.500. The lowest BCUT2D eigenvalue weighted by Gasteiger charge is -2.12. The molecule has 0 bridgehead atoms. The molecule has 0 atom stereocenters. The highest BCUT2D eigenvalue weighted by Crippen LogP contribution is 2.24. The van der Waals surface area contributed by atoms with Crippen molar-refractivity contribution in [3.05, 3.63) is 24.3 Å². The third-order valence-electron chi connectivity index (χ3n) is 4.41. The Kier molecular flexibility index (Phi) is 6.51. The number of para-hydroxylation sites is 2. The monoisotopic (exact) mass is 376 g/mol. The highest BCUT2D eigenvalue weighted by Gasteiger charge is 2.19. The topological polar surface area (TPSA) is 85.2 Å². The molecule has 0 aliphatic heterocycles. The molecule has 1 saturated carbocycles. The Balaban J connectivity index is 1.57. The van der Waals surface area contributed by atoms with E-state index in [9.17, 15) is 9.59 Å². The average molecular weight is 376 g/mol. The van der Waals surface area contributed by atoms with Crippen LogP contribution in [0.3, 0.4) is 0 Å². The van der Waals surface area contributed by atoms with E-state index in [-0.39, 0.29) is 17.7 Å². The number of nitrogens with zero attached hydrogens (tertiary/aromatic N) is 2. The van der Waals surface area contributed by atoms with E-state index in [1.165, 1.54) is 11.8 Å². The van der Waals surface area contributed by atoms with Crippen molar-refractivity contribution in [2.75, 3.05) is 19.5 Å². The van der Waals surface area contributed by atoms with Gasteiger partial charge in [0.15, 0.2) is 5.16 Å². The van der Waals surface area contributed by atoms with E-state index in [0.717, 1.165) is 41.9 Å². The van der Waals surface area contributed by atoms with Gasteiger partial charge in [-0.1, -0.05) is 36.7 Å². The average Bonchev–Trinajstić information content (AvgIpc) is 3.25. The molecule has 0 radical (unpaired) electrons. The number of rotatable bonds is 7. The van der Waals surface area contributed by atoms with Crippen molar-refractivity contribution < 1.29 is 14.3 Å². The first-order valence-electron chi connectivity index (χ1n) is 8.84. The van der Waals surface area contributed by atoms with Crippen LogP contribution >= 0.6 is 11.8 Å². The Morgan fingerprint density at radius 2 is 2.08 bits per heavy atom. The number of urea groups is 1. The summed E-state index contributed by atoms with van der Waals surface area (Å²) < 4.78 is 7.21. The van der Waals surface area contributed by atoms with Crippen LogP contribution in [0.2, 0.25) is 0 Å². The van der Waals surface area contributed by atoms with Crippen molar-refractivity contribution in [3.63, 3.8) is 0 Å². The predicted molar refractivity (Wildman–Crippen MR) is 101 cm³/mol. The summed E-state index contributed by atoms with van der Waals surface area (Å²) in [7, 11) is 1.66. The third kappa shape index (κ3) is 4.76. The second-order valence-electron chi connectivity index (χ2n) is 6.32. The molecule has 2 aromatic rings. The number of ether oxygens (including phenoxy) is 1. The number of benzene rings is 1. The van der Waals surface area contributed by atoms with E-state index in [1.54, 1.807) is 7.11 Å². The van der Waals surface area contributed by atoms with E-state index in [0.29, 0.717) is 13.2 Å². The summed E-state index contributed by atoms with van der Waals surface area (Å²) in [5, 5.41) is 6.00. The van der Waals surface area contributed by atoms with Crippen LogP contribution in [-0.4, -0.2) is 47.0 Å². The fourth-order valence-corrected chi connectivity index (χ4v) is 3.99. The maximum atomic E-state index is 12.1. The lowest BCUT2D eigenvalue weighted by atomic mass is 10.2. The minimum Gasteiger partial charge on any atom is -0.383 e. The van der Waals surface area contributed by atoms with Crippen molar-refractivity contribution >= 4 is 34.7 Å². The highest BCUT2D eigenvalue weighted by molar-refractivity contribution is 7.99. The number of fused-ring (bicyclic) bond motifs is 1. The van der Waals surface area contributed by atoms with E-state index in [1.807, 2.05) is 28.8 Å². The maximum Gasteiger partial charge on any atom is 0.321 e. The summed E-state index contributed by atoms with van der Waals surface area (Å²) >= 11 is 1.32. The lowest BCUT2D eigenvalue weighted by Crippen LogP contribution is -2.44. The first kappa shape index (κ1) is 18.7. The summed E-state index contributed by atoms with van der Waals surface area (Å²) in [6.07, 6.45) is 4.23. The van der Waals surface area contributed by atoms with Crippen LogP contribution in [0.4, 0.5) is 4.79 Å². The number of aromatic nitrogens is 2. The molecule has 1 aromatic carbocycles. The summed E-state index contributed by atoms with van der Waals surface area (Å²) in [5.74, 6) is -0.190. The Bertz CT molecular complexity index is 771. The van der Waals surface area contributed by atoms with Gasteiger partial charge in [0, 0.05) is 19.7 Å². The second kappa shape index (κ2) is 9.05. The zero-order valence-corrected chi connectivity index (χ0v) is 15.7. The minimum atomic E-state index is -0.407. The molecular formula is C18H24N4O3S. The normalized spacial score (nSPS) is 14.7. The van der Waals surface area contributed by atoms with E-state index in [2.05, 4.69) is 15.6 Å². The van der Waals surface area contributed by atoms with E-state index in [4.69, 9.17) is 4.74 Å². The van der Waals surface area contributed by atoms with Gasteiger partial charge in [-0.3, -0.25) is 10.1 Å². The molecule has 0 unspecified atom stereocenters. The van der Waals surface area contributed by atoms with Crippen LogP contribution < -0.4 is 10.6 Å². The van der Waals surface area contributed by atoms with Gasteiger partial charge in [-0.15, -0.1) is 0 Å². The molecule has 1 aliphatic rings. The van der Waals surface area contributed by atoms with Gasteiger partial charge >= 0.3 is 6.03 Å². The first-order valence-corrected chi connectivity index (χ1v) is 9.83. The number of methoxy groups -OCH3 is 1. The zero-order chi connectivity index (χ0) is 18.4. The number of carbonyl (C=O) groups excluding carboxylic acids is 2. The van der Waals surface area contributed by atoms with Gasteiger partial charge in [0.2, 0.25) is 5.91 Å². The smallest absolute Gasteiger partial charge is 0.321 e. The van der Waals surface area contributed by atoms with Crippen molar-refractivity contribution in [1.82, 2.24) is 20.2 Å². The Morgan fingerprint density at radius 3 is 2.85 bits per heavy atom. The van der Waals surface area contributed by atoms with Gasteiger partial charge in [0.1, 0.15) is 0 Å². The standard InChI is InChI=1S/C18H24N4O3S/c1-25-11-10-22-15-9-5-4-8-14(15)20-18(22)26-12-16(23)21-17(24)19-13-6-2-3-7-13/h4-5,8-9,13H,2-3,6-7,10-12H2,1H3,(H2,19,21,23,24). The highest BCUT2D eigenvalue weighted by atomic mass is 32.2.